The minimum atomic E-state index is -1.13. The van der Waals surface area contributed by atoms with Crippen LogP contribution in [0.2, 0.25) is 0 Å². The number of imidazole rings is 1. The van der Waals surface area contributed by atoms with E-state index >= 15 is 0 Å². The van der Waals surface area contributed by atoms with Crippen molar-refractivity contribution in [3.05, 3.63) is 18.2 Å². The highest BCUT2D eigenvalue weighted by molar-refractivity contribution is 5.90. The topological polar surface area (TPSA) is 176 Å². The maximum atomic E-state index is 12.4. The van der Waals surface area contributed by atoms with Gasteiger partial charge in [-0.05, 0) is 25.8 Å². The predicted molar refractivity (Wildman–Crippen MR) is 85.7 cm³/mol. The summed E-state index contributed by atoms with van der Waals surface area (Å²) in [6.45, 7) is 0.181. The van der Waals surface area contributed by atoms with Crippen LogP contribution in [0.25, 0.3) is 0 Å². The number of nitrogens with one attached hydrogen (secondary N) is 3. The molecule has 0 aliphatic carbocycles. The van der Waals surface area contributed by atoms with Gasteiger partial charge in [0.05, 0.1) is 12.9 Å². The van der Waals surface area contributed by atoms with Gasteiger partial charge in [-0.1, -0.05) is 0 Å². The van der Waals surface area contributed by atoms with E-state index in [1.165, 1.54) is 12.5 Å². The summed E-state index contributed by atoms with van der Waals surface area (Å²) in [6, 6.07) is -1.99. The van der Waals surface area contributed by atoms with Gasteiger partial charge in [0.2, 0.25) is 11.8 Å². The van der Waals surface area contributed by atoms with E-state index in [-0.39, 0.29) is 19.4 Å². The lowest BCUT2D eigenvalue weighted by Crippen LogP contribution is -2.53. The maximum absolute atomic E-state index is 12.4. The first-order valence-corrected chi connectivity index (χ1v) is 7.67. The molecule has 1 aromatic rings. The van der Waals surface area contributed by atoms with Crippen LogP contribution in [-0.2, 0) is 20.8 Å². The van der Waals surface area contributed by atoms with Crippen LogP contribution < -0.4 is 22.1 Å². The zero-order valence-electron chi connectivity index (χ0n) is 13.3. The van der Waals surface area contributed by atoms with Crippen LogP contribution in [0.1, 0.15) is 25.0 Å². The summed E-state index contributed by atoms with van der Waals surface area (Å²) in [5.41, 5.74) is 11.3. The zero-order valence-corrected chi connectivity index (χ0v) is 13.3. The zero-order chi connectivity index (χ0) is 17.9. The van der Waals surface area contributed by atoms with Gasteiger partial charge >= 0.3 is 5.97 Å². The highest BCUT2D eigenvalue weighted by Gasteiger charge is 2.26. The molecule has 0 spiro atoms. The highest BCUT2D eigenvalue weighted by atomic mass is 16.4. The number of carboxylic acid groups (broad SMARTS) is 1. The molecule has 134 valence electrons. The van der Waals surface area contributed by atoms with Gasteiger partial charge in [-0.2, -0.15) is 0 Å². The Labute approximate surface area is 139 Å². The fourth-order valence-corrected chi connectivity index (χ4v) is 2.10. The van der Waals surface area contributed by atoms with Crippen LogP contribution in [0.4, 0.5) is 0 Å². The van der Waals surface area contributed by atoms with Crippen molar-refractivity contribution < 1.29 is 19.5 Å². The Kier molecular flexibility index (Phi) is 8.44. The average Bonchev–Trinajstić information content (AvgIpc) is 3.06. The van der Waals surface area contributed by atoms with E-state index in [0.717, 1.165) is 0 Å². The van der Waals surface area contributed by atoms with E-state index in [2.05, 4.69) is 20.6 Å². The van der Waals surface area contributed by atoms with Crippen LogP contribution in [0.15, 0.2) is 12.5 Å². The Hall–Kier alpha value is -2.46. The predicted octanol–water partition coefficient (Wildman–Crippen LogP) is -1.91. The number of unbranched alkanes of at least 4 members (excludes halogenated alkanes) is 1. The first kappa shape index (κ1) is 19.6. The summed E-state index contributed by atoms with van der Waals surface area (Å²) in [7, 11) is 0. The Bertz CT molecular complexity index is 533. The van der Waals surface area contributed by atoms with Crippen molar-refractivity contribution in [2.45, 2.75) is 37.8 Å². The highest BCUT2D eigenvalue weighted by Crippen LogP contribution is 2.04. The summed E-state index contributed by atoms with van der Waals surface area (Å²) in [5.74, 6) is -2.23. The molecular weight excluding hydrogens is 316 g/mol. The van der Waals surface area contributed by atoms with Gasteiger partial charge < -0.3 is 32.2 Å². The minimum Gasteiger partial charge on any atom is -0.480 e. The van der Waals surface area contributed by atoms with E-state index < -0.39 is 29.9 Å². The Morgan fingerprint density at radius 1 is 1.21 bits per heavy atom. The van der Waals surface area contributed by atoms with E-state index in [0.29, 0.717) is 25.1 Å². The lowest BCUT2D eigenvalue weighted by Gasteiger charge is -2.21. The molecular formula is C14H24N6O4. The summed E-state index contributed by atoms with van der Waals surface area (Å²) in [6.07, 6.45) is 4.62. The summed E-state index contributed by atoms with van der Waals surface area (Å²) < 4.78 is 0. The number of hydrogen-bond acceptors (Lipinski definition) is 6. The number of amides is 2. The van der Waals surface area contributed by atoms with Gasteiger partial charge in [-0.3, -0.25) is 9.59 Å². The van der Waals surface area contributed by atoms with E-state index in [1.54, 1.807) is 0 Å². The minimum absolute atomic E-state index is 0.146. The molecule has 1 aromatic heterocycles. The molecule has 2 unspecified atom stereocenters. The van der Waals surface area contributed by atoms with Crippen molar-refractivity contribution in [2.24, 2.45) is 11.5 Å². The van der Waals surface area contributed by atoms with Gasteiger partial charge in [-0.15, -0.1) is 0 Å². The number of carboxylic acids is 1. The summed E-state index contributed by atoms with van der Waals surface area (Å²) in [5, 5.41) is 14.1. The normalized spacial score (nSPS) is 13.1. The molecule has 8 N–H and O–H groups in total. The van der Waals surface area contributed by atoms with E-state index in [9.17, 15) is 19.5 Å². The van der Waals surface area contributed by atoms with Crippen molar-refractivity contribution in [1.29, 1.82) is 0 Å². The molecule has 24 heavy (non-hydrogen) atoms. The molecule has 2 atom stereocenters. The molecule has 2 amide bonds. The van der Waals surface area contributed by atoms with Crippen LogP contribution in [0, 0.1) is 0 Å². The Morgan fingerprint density at radius 3 is 2.50 bits per heavy atom. The van der Waals surface area contributed by atoms with Crippen LogP contribution >= 0.6 is 0 Å². The third kappa shape index (κ3) is 6.75. The molecule has 0 aliphatic rings. The number of aromatic nitrogens is 2. The molecule has 0 saturated carbocycles. The van der Waals surface area contributed by atoms with Crippen molar-refractivity contribution >= 4 is 17.8 Å². The van der Waals surface area contributed by atoms with Gasteiger partial charge in [0.25, 0.3) is 0 Å². The standard InChI is InChI=1S/C14H24N6O4/c15-4-2-1-3-10(14(23)24)20-13(22)11(19-12(21)6-16)5-9-7-17-8-18-9/h7-8,10-11H,1-6,15-16H2,(H,17,18)(H,19,21)(H,20,22)(H,23,24). The fraction of sp³-hybridized carbons (Fsp3) is 0.571. The molecule has 0 radical (unpaired) electrons. The van der Waals surface area contributed by atoms with Gasteiger partial charge in [-0.25, -0.2) is 9.78 Å². The molecule has 0 bridgehead atoms. The number of carbonyl (C=O) groups excluding carboxylic acids is 2. The number of hydrogen-bond donors (Lipinski definition) is 6. The third-order valence-corrected chi connectivity index (χ3v) is 3.38. The number of H-pyrrole nitrogens is 1. The first-order chi connectivity index (χ1) is 11.5. The van der Waals surface area contributed by atoms with Crippen molar-refractivity contribution in [3.63, 3.8) is 0 Å². The second kappa shape index (κ2) is 10.3. The molecule has 1 rings (SSSR count). The molecule has 0 aromatic carbocycles. The molecule has 0 saturated heterocycles. The molecule has 0 aliphatic heterocycles. The van der Waals surface area contributed by atoms with Crippen LogP contribution in [0.5, 0.6) is 0 Å². The van der Waals surface area contributed by atoms with Crippen molar-refractivity contribution in [1.82, 2.24) is 20.6 Å². The Morgan fingerprint density at radius 2 is 1.96 bits per heavy atom. The second-order valence-corrected chi connectivity index (χ2v) is 5.29. The second-order valence-electron chi connectivity index (χ2n) is 5.29. The Balaban J connectivity index is 2.73. The first-order valence-electron chi connectivity index (χ1n) is 7.67. The quantitative estimate of drug-likeness (QED) is 0.255. The molecule has 0 fully saturated rings. The molecule has 1 heterocycles. The maximum Gasteiger partial charge on any atom is 0.326 e. The van der Waals surface area contributed by atoms with Gasteiger partial charge in [0, 0.05) is 18.3 Å². The van der Waals surface area contributed by atoms with Crippen molar-refractivity contribution in [2.75, 3.05) is 13.1 Å². The lowest BCUT2D eigenvalue weighted by atomic mass is 10.1. The molecule has 10 nitrogen and oxygen atoms in total. The monoisotopic (exact) mass is 340 g/mol. The number of rotatable bonds is 11. The third-order valence-electron chi connectivity index (χ3n) is 3.38. The number of aliphatic carboxylic acids is 1. The van der Waals surface area contributed by atoms with E-state index in [1.807, 2.05) is 0 Å². The number of nitrogens with zero attached hydrogens (tertiary/aromatic N) is 1. The SMILES string of the molecule is NCCCCC(NC(=O)C(Cc1cnc[nH]1)NC(=O)CN)C(=O)O. The molecule has 10 heteroatoms. The number of carbonyl (C=O) groups is 3. The van der Waals surface area contributed by atoms with Crippen LogP contribution in [-0.4, -0.2) is 58.0 Å². The number of aromatic amines is 1. The number of nitrogens with two attached hydrogens (primary N) is 2. The largest absolute Gasteiger partial charge is 0.480 e. The lowest BCUT2D eigenvalue weighted by molar-refractivity contribution is -0.142. The summed E-state index contributed by atoms with van der Waals surface area (Å²) >= 11 is 0. The van der Waals surface area contributed by atoms with Gasteiger partial charge in [0.15, 0.2) is 0 Å². The fourth-order valence-electron chi connectivity index (χ4n) is 2.10. The van der Waals surface area contributed by atoms with E-state index in [4.69, 9.17) is 11.5 Å². The average molecular weight is 340 g/mol. The smallest absolute Gasteiger partial charge is 0.326 e. The van der Waals surface area contributed by atoms with Crippen molar-refractivity contribution in [3.8, 4) is 0 Å². The van der Waals surface area contributed by atoms with Crippen LogP contribution in [0.3, 0.4) is 0 Å². The van der Waals surface area contributed by atoms with Gasteiger partial charge in [0.1, 0.15) is 12.1 Å². The summed E-state index contributed by atoms with van der Waals surface area (Å²) in [4.78, 5) is 41.8.